The molecular weight excluding hydrogens is 402 g/mol. The average molecular weight is 417 g/mol. The molecule has 1 aromatic carbocycles. The molecule has 29 heavy (non-hydrogen) atoms. The Kier molecular flexibility index (Phi) is 4.04. The molecule has 7 nitrogen and oxygen atoms in total. The standard InChI is InChI=1S/C19H15ClF2N6O/c1-2-8-17(22)16(20)15(10-4-24-27-18(8)10)12-6-28-7-13(25-14(28)5-23-12)26-19(29)9-3-11(9)21/h2,4-7,9,11,19,26,29H,1,3H2,(H,24,27)/t9-,11+,19?/m1/s1. The van der Waals surface area contributed by atoms with Gasteiger partial charge in [-0.3, -0.25) is 10.1 Å². The Balaban J connectivity index is 1.58. The van der Waals surface area contributed by atoms with Gasteiger partial charge in [0.2, 0.25) is 0 Å². The van der Waals surface area contributed by atoms with Gasteiger partial charge in [0.25, 0.3) is 0 Å². The van der Waals surface area contributed by atoms with E-state index >= 15 is 0 Å². The summed E-state index contributed by atoms with van der Waals surface area (Å²) in [5.74, 6) is -0.659. The molecule has 0 bridgehead atoms. The lowest BCUT2D eigenvalue weighted by atomic mass is 10.0. The first-order chi connectivity index (χ1) is 14.0. The molecule has 4 aromatic rings. The SMILES string of the molecule is C=Cc1c(F)c(Cl)c(-c2cn3cc(NC(O)[C@@H]4C[C@@H]4F)nc3cn2)c2cn[nH]c12. The second-order valence-electron chi connectivity index (χ2n) is 6.95. The molecule has 1 fully saturated rings. The van der Waals surface area contributed by atoms with Crippen molar-refractivity contribution in [3.05, 3.63) is 47.8 Å². The number of nitrogens with one attached hydrogen (secondary N) is 2. The van der Waals surface area contributed by atoms with Crippen molar-refractivity contribution in [2.75, 3.05) is 5.32 Å². The van der Waals surface area contributed by atoms with Gasteiger partial charge in [0.15, 0.2) is 11.5 Å². The van der Waals surface area contributed by atoms with Gasteiger partial charge < -0.3 is 14.8 Å². The van der Waals surface area contributed by atoms with Gasteiger partial charge in [0, 0.05) is 28.6 Å². The molecule has 5 rings (SSSR count). The molecule has 1 unspecified atom stereocenters. The molecule has 0 aliphatic heterocycles. The van der Waals surface area contributed by atoms with E-state index in [1.807, 2.05) is 0 Å². The highest BCUT2D eigenvalue weighted by Gasteiger charge is 2.43. The molecular formula is C19H15ClF2N6O. The number of nitrogens with zero attached hydrogens (tertiary/aromatic N) is 4. The summed E-state index contributed by atoms with van der Waals surface area (Å²) in [7, 11) is 0. The minimum Gasteiger partial charge on any atom is -0.373 e. The molecule has 148 valence electrons. The smallest absolute Gasteiger partial charge is 0.157 e. The lowest BCUT2D eigenvalue weighted by Gasteiger charge is -2.10. The number of alkyl halides is 1. The van der Waals surface area contributed by atoms with Crippen LogP contribution in [-0.2, 0) is 0 Å². The zero-order valence-electron chi connectivity index (χ0n) is 14.9. The fourth-order valence-corrected chi connectivity index (χ4v) is 3.74. The van der Waals surface area contributed by atoms with Gasteiger partial charge >= 0.3 is 0 Å². The van der Waals surface area contributed by atoms with E-state index in [1.165, 1.54) is 12.3 Å². The number of benzene rings is 1. The number of hydrogen-bond acceptors (Lipinski definition) is 5. The van der Waals surface area contributed by atoms with Crippen LogP contribution in [0.3, 0.4) is 0 Å². The lowest BCUT2D eigenvalue weighted by Crippen LogP contribution is -2.22. The molecule has 10 heteroatoms. The molecule has 1 aliphatic rings. The summed E-state index contributed by atoms with van der Waals surface area (Å²) in [6, 6.07) is 0. The Morgan fingerprint density at radius 1 is 1.41 bits per heavy atom. The van der Waals surface area contributed by atoms with E-state index < -0.39 is 24.1 Å². The number of aliphatic hydroxyl groups excluding tert-OH is 1. The van der Waals surface area contributed by atoms with Gasteiger partial charge in [-0.1, -0.05) is 24.3 Å². The lowest BCUT2D eigenvalue weighted by molar-refractivity contribution is 0.167. The largest absolute Gasteiger partial charge is 0.373 e. The van der Waals surface area contributed by atoms with E-state index in [9.17, 15) is 13.9 Å². The minimum atomic E-state index is -1.01. The van der Waals surface area contributed by atoms with E-state index in [-0.39, 0.29) is 10.6 Å². The van der Waals surface area contributed by atoms with Crippen molar-refractivity contribution in [1.29, 1.82) is 0 Å². The fraction of sp³-hybridized carbons (Fsp3) is 0.211. The molecule has 3 aromatic heterocycles. The third-order valence-electron chi connectivity index (χ3n) is 5.09. The Morgan fingerprint density at radius 3 is 2.93 bits per heavy atom. The van der Waals surface area contributed by atoms with Crippen LogP contribution in [0.25, 0.3) is 33.9 Å². The van der Waals surface area contributed by atoms with Crippen molar-refractivity contribution in [3.63, 3.8) is 0 Å². The molecule has 0 saturated heterocycles. The van der Waals surface area contributed by atoms with Crippen LogP contribution < -0.4 is 5.32 Å². The number of H-pyrrole nitrogens is 1. The highest BCUT2D eigenvalue weighted by molar-refractivity contribution is 6.35. The van der Waals surface area contributed by atoms with E-state index in [4.69, 9.17) is 11.6 Å². The van der Waals surface area contributed by atoms with Crippen LogP contribution in [-0.4, -0.2) is 42.1 Å². The topological polar surface area (TPSA) is 91.1 Å². The number of aromatic nitrogens is 5. The van der Waals surface area contributed by atoms with Crippen LogP contribution in [0.5, 0.6) is 0 Å². The number of aliphatic hydroxyl groups is 1. The maximum Gasteiger partial charge on any atom is 0.157 e. The summed E-state index contributed by atoms with van der Waals surface area (Å²) >= 11 is 6.32. The maximum absolute atomic E-state index is 14.8. The van der Waals surface area contributed by atoms with Crippen molar-refractivity contribution in [3.8, 4) is 11.3 Å². The summed E-state index contributed by atoms with van der Waals surface area (Å²) < 4.78 is 29.5. The van der Waals surface area contributed by atoms with E-state index in [1.54, 1.807) is 23.0 Å². The number of fused-ring (bicyclic) bond motifs is 2. The Labute approximate surface area is 168 Å². The Bertz CT molecular complexity index is 1270. The first-order valence-electron chi connectivity index (χ1n) is 8.88. The van der Waals surface area contributed by atoms with E-state index in [0.29, 0.717) is 40.0 Å². The summed E-state index contributed by atoms with van der Waals surface area (Å²) in [5.41, 5.74) is 2.02. The van der Waals surface area contributed by atoms with E-state index in [2.05, 4.69) is 32.1 Å². The molecule has 1 aliphatic carbocycles. The zero-order valence-corrected chi connectivity index (χ0v) is 15.7. The van der Waals surface area contributed by atoms with Crippen molar-refractivity contribution in [2.45, 2.75) is 18.8 Å². The molecule has 0 spiro atoms. The van der Waals surface area contributed by atoms with E-state index in [0.717, 1.165) is 0 Å². The third-order valence-corrected chi connectivity index (χ3v) is 5.44. The van der Waals surface area contributed by atoms with Crippen LogP contribution in [0.2, 0.25) is 5.02 Å². The third kappa shape index (κ3) is 2.85. The maximum atomic E-state index is 14.8. The van der Waals surface area contributed by atoms with Crippen LogP contribution in [0.4, 0.5) is 14.6 Å². The van der Waals surface area contributed by atoms with Gasteiger partial charge in [-0.05, 0) is 6.42 Å². The summed E-state index contributed by atoms with van der Waals surface area (Å²) in [5, 5.41) is 20.1. The monoisotopic (exact) mass is 416 g/mol. The number of anilines is 1. The summed E-state index contributed by atoms with van der Waals surface area (Å²) in [6.45, 7) is 3.63. The normalized spacial score (nSPS) is 19.6. The predicted octanol–water partition coefficient (Wildman–Crippen LogP) is 3.80. The van der Waals surface area contributed by atoms with Gasteiger partial charge in [-0.15, -0.1) is 0 Å². The van der Waals surface area contributed by atoms with Gasteiger partial charge in [-0.25, -0.2) is 13.8 Å². The van der Waals surface area contributed by atoms with Crippen molar-refractivity contribution >= 4 is 40.0 Å². The van der Waals surface area contributed by atoms with Gasteiger partial charge in [0.05, 0.1) is 34.8 Å². The first-order valence-corrected chi connectivity index (χ1v) is 9.26. The number of rotatable bonds is 5. The Morgan fingerprint density at radius 2 is 2.21 bits per heavy atom. The summed E-state index contributed by atoms with van der Waals surface area (Å²) in [4.78, 5) is 8.67. The molecule has 0 radical (unpaired) electrons. The second-order valence-corrected chi connectivity index (χ2v) is 7.33. The first kappa shape index (κ1) is 18.0. The highest BCUT2D eigenvalue weighted by atomic mass is 35.5. The number of imidazole rings is 1. The minimum absolute atomic E-state index is 0.0859. The molecule has 1 saturated carbocycles. The van der Waals surface area contributed by atoms with Gasteiger partial charge in [0.1, 0.15) is 18.2 Å². The van der Waals surface area contributed by atoms with Crippen molar-refractivity contribution < 1.29 is 13.9 Å². The summed E-state index contributed by atoms with van der Waals surface area (Å²) in [6.07, 6.45) is 6.04. The van der Waals surface area contributed by atoms with Crippen LogP contribution >= 0.6 is 11.6 Å². The highest BCUT2D eigenvalue weighted by Crippen LogP contribution is 2.39. The fourth-order valence-electron chi connectivity index (χ4n) is 3.44. The Hall–Kier alpha value is -3.04. The predicted molar refractivity (Wildman–Crippen MR) is 106 cm³/mol. The molecule has 3 atom stereocenters. The van der Waals surface area contributed by atoms with Crippen molar-refractivity contribution in [1.82, 2.24) is 24.6 Å². The van der Waals surface area contributed by atoms with Crippen LogP contribution in [0, 0.1) is 11.7 Å². The van der Waals surface area contributed by atoms with Crippen molar-refractivity contribution in [2.24, 2.45) is 5.92 Å². The number of hydrogen-bond donors (Lipinski definition) is 3. The van der Waals surface area contributed by atoms with Crippen LogP contribution in [0.15, 0.2) is 31.4 Å². The average Bonchev–Trinajstić information content (AvgIpc) is 3.08. The number of halogens is 3. The molecule has 3 heterocycles. The second kappa shape index (κ2) is 6.50. The zero-order chi connectivity index (χ0) is 20.3. The number of aromatic amines is 1. The van der Waals surface area contributed by atoms with Gasteiger partial charge in [-0.2, -0.15) is 5.10 Å². The van der Waals surface area contributed by atoms with Crippen LogP contribution in [0.1, 0.15) is 12.0 Å². The molecule has 0 amide bonds. The molecule has 3 N–H and O–H groups in total. The quantitative estimate of drug-likeness (QED) is 0.430.